The number of nitrogen functional groups attached to an aromatic ring is 1. The molecule has 3 nitrogen and oxygen atoms in total. The smallest absolute Gasteiger partial charge is 0.0765 e. The highest BCUT2D eigenvalue weighted by atomic mass is 79.9. The zero-order valence-corrected chi connectivity index (χ0v) is 12.0. The van der Waals surface area contributed by atoms with Gasteiger partial charge >= 0.3 is 0 Å². The molecule has 0 amide bonds. The van der Waals surface area contributed by atoms with E-state index in [1.54, 1.807) is 11.8 Å². The van der Waals surface area contributed by atoms with E-state index in [9.17, 15) is 5.11 Å². The fraction of sp³-hybridized carbons (Fsp3) is 0.500. The molecule has 1 aromatic carbocycles. The minimum atomic E-state index is -0.551. The second kappa shape index (κ2) is 5.61. The van der Waals surface area contributed by atoms with Crippen LogP contribution in [0.2, 0.25) is 0 Å². The predicted octanol–water partition coefficient (Wildman–Crippen LogP) is 2.24. The van der Waals surface area contributed by atoms with Crippen LogP contribution in [0, 0.1) is 0 Å². The van der Waals surface area contributed by atoms with Crippen molar-refractivity contribution in [2.75, 3.05) is 24.6 Å². The van der Waals surface area contributed by atoms with Crippen LogP contribution in [0.4, 0.5) is 5.69 Å². The van der Waals surface area contributed by atoms with Gasteiger partial charge in [-0.3, -0.25) is 0 Å². The van der Waals surface area contributed by atoms with Crippen molar-refractivity contribution in [3.8, 4) is 0 Å². The Balaban J connectivity index is 1.99. The van der Waals surface area contributed by atoms with Gasteiger partial charge in [0.1, 0.15) is 0 Å². The molecule has 17 heavy (non-hydrogen) atoms. The number of piperidine rings is 1. The number of benzene rings is 1. The maximum atomic E-state index is 10.4. The van der Waals surface area contributed by atoms with Crippen LogP contribution < -0.4 is 11.1 Å². The molecule has 0 unspecified atom stereocenters. The zero-order chi connectivity index (χ0) is 12.3. The summed E-state index contributed by atoms with van der Waals surface area (Å²) in [6.45, 7) is 1.79. The summed E-state index contributed by atoms with van der Waals surface area (Å²) < 4.78 is 1.02. The Hall–Kier alpha value is -0.230. The van der Waals surface area contributed by atoms with Crippen molar-refractivity contribution in [1.29, 1.82) is 0 Å². The number of hydrogen-bond acceptors (Lipinski definition) is 4. The van der Waals surface area contributed by atoms with Gasteiger partial charge in [-0.05, 0) is 44.1 Å². The van der Waals surface area contributed by atoms with E-state index in [1.807, 2.05) is 18.2 Å². The highest BCUT2D eigenvalue weighted by Crippen LogP contribution is 2.32. The van der Waals surface area contributed by atoms with Crippen molar-refractivity contribution >= 4 is 33.4 Å². The van der Waals surface area contributed by atoms with E-state index in [0.29, 0.717) is 5.75 Å². The van der Waals surface area contributed by atoms with E-state index >= 15 is 0 Å². The third-order valence-corrected chi connectivity index (χ3v) is 4.85. The molecule has 0 spiro atoms. The summed E-state index contributed by atoms with van der Waals surface area (Å²) in [7, 11) is 0. The highest BCUT2D eigenvalue weighted by Gasteiger charge is 2.29. The molecule has 94 valence electrons. The van der Waals surface area contributed by atoms with Gasteiger partial charge in [0.25, 0.3) is 0 Å². The first kappa shape index (κ1) is 13.2. The normalized spacial score (nSPS) is 19.2. The summed E-state index contributed by atoms with van der Waals surface area (Å²) in [5.41, 5.74) is 6.14. The van der Waals surface area contributed by atoms with Crippen molar-refractivity contribution in [2.45, 2.75) is 23.3 Å². The van der Waals surface area contributed by atoms with Crippen LogP contribution >= 0.6 is 27.7 Å². The first-order chi connectivity index (χ1) is 8.09. The molecule has 4 N–H and O–H groups in total. The standard InChI is InChI=1S/C12H17BrN2OS/c13-9-1-2-10(14)11(7-9)17-8-12(16)3-5-15-6-4-12/h1-2,7,15-16H,3-6,8,14H2. The van der Waals surface area contributed by atoms with Crippen LogP contribution in [-0.4, -0.2) is 29.5 Å². The lowest BCUT2D eigenvalue weighted by Crippen LogP contribution is -2.43. The maximum Gasteiger partial charge on any atom is 0.0765 e. The number of thioether (sulfide) groups is 1. The van der Waals surface area contributed by atoms with Crippen molar-refractivity contribution < 1.29 is 5.11 Å². The molecule has 1 aliphatic rings. The number of nitrogens with one attached hydrogen (secondary N) is 1. The predicted molar refractivity (Wildman–Crippen MR) is 76.3 cm³/mol. The molecule has 1 fully saturated rings. The van der Waals surface area contributed by atoms with Crippen LogP contribution in [0.1, 0.15) is 12.8 Å². The summed E-state index contributed by atoms with van der Waals surface area (Å²) in [5.74, 6) is 0.704. The van der Waals surface area contributed by atoms with E-state index in [4.69, 9.17) is 5.73 Å². The second-order valence-electron chi connectivity index (χ2n) is 4.45. The lowest BCUT2D eigenvalue weighted by molar-refractivity contribution is 0.0339. The summed E-state index contributed by atoms with van der Waals surface area (Å²) >= 11 is 5.07. The van der Waals surface area contributed by atoms with Gasteiger partial charge in [0.2, 0.25) is 0 Å². The molecule has 2 rings (SSSR count). The monoisotopic (exact) mass is 316 g/mol. The van der Waals surface area contributed by atoms with Gasteiger partial charge < -0.3 is 16.2 Å². The lowest BCUT2D eigenvalue weighted by atomic mass is 9.95. The van der Waals surface area contributed by atoms with Crippen molar-refractivity contribution in [1.82, 2.24) is 5.32 Å². The van der Waals surface area contributed by atoms with Gasteiger partial charge in [-0.2, -0.15) is 0 Å². The number of rotatable bonds is 3. The Bertz CT molecular complexity index is 394. The van der Waals surface area contributed by atoms with Gasteiger partial charge in [0, 0.05) is 20.8 Å². The number of nitrogens with two attached hydrogens (primary N) is 1. The molecule has 0 bridgehead atoms. The highest BCUT2D eigenvalue weighted by molar-refractivity contribution is 9.10. The molecular weight excluding hydrogens is 300 g/mol. The van der Waals surface area contributed by atoms with E-state index < -0.39 is 5.60 Å². The number of halogens is 1. The average Bonchev–Trinajstić information content (AvgIpc) is 2.31. The Kier molecular flexibility index (Phi) is 4.36. The SMILES string of the molecule is Nc1ccc(Br)cc1SCC1(O)CCNCC1. The summed E-state index contributed by atoms with van der Waals surface area (Å²) in [4.78, 5) is 1.03. The number of hydrogen-bond donors (Lipinski definition) is 3. The van der Waals surface area contributed by atoms with E-state index in [1.165, 1.54) is 0 Å². The van der Waals surface area contributed by atoms with Crippen molar-refractivity contribution in [3.05, 3.63) is 22.7 Å². The topological polar surface area (TPSA) is 58.3 Å². The van der Waals surface area contributed by atoms with E-state index in [2.05, 4.69) is 21.2 Å². The van der Waals surface area contributed by atoms with E-state index in [0.717, 1.165) is 41.0 Å². The summed E-state index contributed by atoms with van der Waals surface area (Å²) in [5, 5.41) is 13.6. The lowest BCUT2D eigenvalue weighted by Gasteiger charge is -2.32. The van der Waals surface area contributed by atoms with Gasteiger partial charge in [-0.25, -0.2) is 0 Å². The Labute approximate surface area is 114 Å². The number of anilines is 1. The Morgan fingerprint density at radius 2 is 2.12 bits per heavy atom. The molecule has 1 saturated heterocycles. The fourth-order valence-electron chi connectivity index (χ4n) is 1.88. The van der Waals surface area contributed by atoms with E-state index in [-0.39, 0.29) is 0 Å². The van der Waals surface area contributed by atoms with Gasteiger partial charge in [-0.15, -0.1) is 11.8 Å². The Morgan fingerprint density at radius 1 is 1.41 bits per heavy atom. The van der Waals surface area contributed by atoms with Gasteiger partial charge in [-0.1, -0.05) is 15.9 Å². The maximum absolute atomic E-state index is 10.4. The fourth-order valence-corrected chi connectivity index (χ4v) is 3.55. The van der Waals surface area contributed by atoms with Gasteiger partial charge in [0.15, 0.2) is 0 Å². The molecule has 0 saturated carbocycles. The van der Waals surface area contributed by atoms with Crippen LogP contribution in [0.5, 0.6) is 0 Å². The van der Waals surface area contributed by atoms with Gasteiger partial charge in [0.05, 0.1) is 5.60 Å². The molecule has 0 aliphatic carbocycles. The van der Waals surface area contributed by atoms with Crippen LogP contribution in [0.25, 0.3) is 0 Å². The molecule has 1 aromatic rings. The number of aliphatic hydroxyl groups is 1. The quantitative estimate of drug-likeness (QED) is 0.591. The Morgan fingerprint density at radius 3 is 2.82 bits per heavy atom. The third-order valence-electron chi connectivity index (χ3n) is 3.01. The third kappa shape index (κ3) is 3.61. The van der Waals surface area contributed by atoms with Crippen molar-refractivity contribution in [2.24, 2.45) is 0 Å². The molecule has 1 heterocycles. The zero-order valence-electron chi connectivity index (χ0n) is 9.58. The molecular formula is C12H17BrN2OS. The van der Waals surface area contributed by atoms with Crippen LogP contribution in [0.3, 0.4) is 0 Å². The molecule has 5 heteroatoms. The van der Waals surface area contributed by atoms with Crippen LogP contribution in [-0.2, 0) is 0 Å². The first-order valence-corrected chi connectivity index (χ1v) is 7.48. The minimum Gasteiger partial charge on any atom is -0.398 e. The van der Waals surface area contributed by atoms with Crippen LogP contribution in [0.15, 0.2) is 27.6 Å². The second-order valence-corrected chi connectivity index (χ2v) is 6.38. The molecule has 0 atom stereocenters. The average molecular weight is 317 g/mol. The molecule has 0 radical (unpaired) electrons. The molecule has 0 aromatic heterocycles. The first-order valence-electron chi connectivity index (χ1n) is 5.70. The summed E-state index contributed by atoms with van der Waals surface area (Å²) in [6, 6.07) is 5.82. The largest absolute Gasteiger partial charge is 0.398 e. The molecule has 1 aliphatic heterocycles. The summed E-state index contributed by atoms with van der Waals surface area (Å²) in [6.07, 6.45) is 1.63. The van der Waals surface area contributed by atoms with Crippen molar-refractivity contribution in [3.63, 3.8) is 0 Å². The minimum absolute atomic E-state index is 0.551.